The van der Waals surface area contributed by atoms with E-state index in [4.69, 9.17) is 5.11 Å². The second kappa shape index (κ2) is 4.52. The zero-order chi connectivity index (χ0) is 13.2. The van der Waals surface area contributed by atoms with E-state index in [0.29, 0.717) is 6.20 Å². The Balaban J connectivity index is 3.39. The normalized spacial score (nSPS) is 11.4. The van der Waals surface area contributed by atoms with Gasteiger partial charge in [-0.05, 0) is 0 Å². The summed E-state index contributed by atoms with van der Waals surface area (Å²) < 4.78 is 64.4. The second-order valence-electron chi connectivity index (χ2n) is 2.76. The maximum Gasteiger partial charge on any atom is 0.573 e. The average Bonchev–Trinajstić information content (AvgIpc) is 2.15. The number of hydrogen-bond donors (Lipinski definition) is 1. The van der Waals surface area contributed by atoms with Crippen LogP contribution in [0.5, 0.6) is 5.75 Å². The predicted octanol–water partition coefficient (Wildman–Crippen LogP) is 2.29. The van der Waals surface area contributed by atoms with Crippen LogP contribution < -0.4 is 4.74 Å². The summed E-state index contributed by atoms with van der Waals surface area (Å²) in [5.74, 6) is -4.83. The zero-order valence-corrected chi connectivity index (χ0v) is 7.89. The Bertz CT molecular complexity index is 446. The molecule has 1 rings (SSSR count). The number of hydrogen-bond acceptors (Lipinski definition) is 3. The molecule has 0 radical (unpaired) electrons. The molecule has 1 heterocycles. The van der Waals surface area contributed by atoms with E-state index in [9.17, 15) is 26.7 Å². The van der Waals surface area contributed by atoms with Crippen molar-refractivity contribution in [3.05, 3.63) is 23.3 Å². The third-order valence-electron chi connectivity index (χ3n) is 1.66. The molecule has 94 valence electrons. The number of nitrogens with zero attached hydrogens (tertiary/aromatic N) is 1. The molecule has 1 aromatic rings. The minimum absolute atomic E-state index is 0.317. The van der Waals surface area contributed by atoms with Crippen molar-refractivity contribution in [2.45, 2.75) is 13.0 Å². The third-order valence-corrected chi connectivity index (χ3v) is 1.66. The molecule has 1 aromatic heterocycles. The van der Waals surface area contributed by atoms with Gasteiger partial charge < -0.3 is 9.84 Å². The van der Waals surface area contributed by atoms with Crippen molar-refractivity contribution < 1.29 is 36.6 Å². The fourth-order valence-corrected chi connectivity index (χ4v) is 1.01. The van der Waals surface area contributed by atoms with Crippen LogP contribution in [-0.4, -0.2) is 22.4 Å². The van der Waals surface area contributed by atoms with E-state index < -0.39 is 41.8 Å². The lowest BCUT2D eigenvalue weighted by atomic mass is 10.2. The number of pyridine rings is 1. The molecule has 1 N–H and O–H groups in total. The predicted molar refractivity (Wildman–Crippen MR) is 42.6 cm³/mol. The Morgan fingerprint density at radius 1 is 1.47 bits per heavy atom. The Kier molecular flexibility index (Phi) is 3.49. The molecule has 0 bridgehead atoms. The first kappa shape index (κ1) is 13.1. The first-order valence-electron chi connectivity index (χ1n) is 3.98. The number of rotatable bonds is 3. The molecule has 4 nitrogen and oxygen atoms in total. The molecule has 0 aliphatic carbocycles. The molecule has 0 saturated carbocycles. The van der Waals surface area contributed by atoms with Gasteiger partial charge in [0.05, 0.1) is 5.56 Å². The highest BCUT2D eigenvalue weighted by Crippen LogP contribution is 2.31. The van der Waals surface area contributed by atoms with Gasteiger partial charge in [-0.1, -0.05) is 0 Å². The summed E-state index contributed by atoms with van der Waals surface area (Å²) in [4.78, 5) is 13.4. The molecular formula is C8H4F5NO3. The Morgan fingerprint density at radius 2 is 2.06 bits per heavy atom. The molecule has 0 aliphatic heterocycles. The van der Waals surface area contributed by atoms with Crippen LogP contribution >= 0.6 is 0 Å². The lowest BCUT2D eigenvalue weighted by molar-refractivity contribution is -0.275. The standard InChI is InChI=1S/C8H4F5NO3/c9-1-3-5(17-8(11,12)13)4(7(15)16)2-14-6(3)10/h2H,1H2,(H,15,16). The van der Waals surface area contributed by atoms with Gasteiger partial charge in [-0.15, -0.1) is 13.2 Å². The summed E-state index contributed by atoms with van der Waals surface area (Å²) in [6.07, 6.45) is -4.94. The molecule has 0 fully saturated rings. The average molecular weight is 257 g/mol. The molecule has 0 saturated heterocycles. The van der Waals surface area contributed by atoms with E-state index in [1.807, 2.05) is 0 Å². The third kappa shape index (κ3) is 3.02. The van der Waals surface area contributed by atoms with Crippen LogP contribution in [0.25, 0.3) is 0 Å². The van der Waals surface area contributed by atoms with Gasteiger partial charge in [0.1, 0.15) is 12.2 Å². The summed E-state index contributed by atoms with van der Waals surface area (Å²) in [7, 11) is 0. The van der Waals surface area contributed by atoms with Gasteiger partial charge in [-0.2, -0.15) is 4.39 Å². The van der Waals surface area contributed by atoms with Crippen LogP contribution in [0.2, 0.25) is 0 Å². The summed E-state index contributed by atoms with van der Waals surface area (Å²) >= 11 is 0. The Hall–Kier alpha value is -1.93. The fourth-order valence-electron chi connectivity index (χ4n) is 1.01. The number of aromatic nitrogens is 1. The number of alkyl halides is 4. The van der Waals surface area contributed by atoms with Crippen molar-refractivity contribution in [1.29, 1.82) is 0 Å². The number of ether oxygens (including phenoxy) is 1. The van der Waals surface area contributed by atoms with E-state index in [2.05, 4.69) is 9.72 Å². The number of halogens is 5. The van der Waals surface area contributed by atoms with Gasteiger partial charge in [0.2, 0.25) is 5.95 Å². The number of carboxylic acid groups (broad SMARTS) is 1. The van der Waals surface area contributed by atoms with E-state index in [0.717, 1.165) is 0 Å². The van der Waals surface area contributed by atoms with E-state index in [1.165, 1.54) is 0 Å². The van der Waals surface area contributed by atoms with Crippen LogP contribution in [0.1, 0.15) is 15.9 Å². The van der Waals surface area contributed by atoms with Crippen LogP contribution in [0.4, 0.5) is 22.0 Å². The zero-order valence-electron chi connectivity index (χ0n) is 7.89. The second-order valence-corrected chi connectivity index (χ2v) is 2.76. The van der Waals surface area contributed by atoms with Crippen molar-refractivity contribution in [2.75, 3.05) is 0 Å². The molecule has 0 aromatic carbocycles. The lowest BCUT2D eigenvalue weighted by Gasteiger charge is -2.13. The molecule has 0 spiro atoms. The van der Waals surface area contributed by atoms with E-state index in [1.54, 1.807) is 0 Å². The van der Waals surface area contributed by atoms with Gasteiger partial charge >= 0.3 is 12.3 Å². The Labute approximate surface area is 90.6 Å². The van der Waals surface area contributed by atoms with Crippen molar-refractivity contribution >= 4 is 5.97 Å². The van der Waals surface area contributed by atoms with Crippen molar-refractivity contribution in [3.63, 3.8) is 0 Å². The minimum Gasteiger partial charge on any atom is -0.477 e. The summed E-state index contributed by atoms with van der Waals surface area (Å²) in [5.41, 5.74) is -2.27. The quantitative estimate of drug-likeness (QED) is 0.666. The van der Waals surface area contributed by atoms with Crippen molar-refractivity contribution in [1.82, 2.24) is 4.98 Å². The highest BCUT2D eigenvalue weighted by molar-refractivity contribution is 5.91. The highest BCUT2D eigenvalue weighted by atomic mass is 19.4. The fraction of sp³-hybridized carbons (Fsp3) is 0.250. The van der Waals surface area contributed by atoms with Crippen LogP contribution in [0.15, 0.2) is 6.20 Å². The van der Waals surface area contributed by atoms with Gasteiger partial charge in [-0.3, -0.25) is 0 Å². The van der Waals surface area contributed by atoms with Crippen LogP contribution in [0.3, 0.4) is 0 Å². The topological polar surface area (TPSA) is 59.4 Å². The molecule has 0 amide bonds. The number of aromatic carboxylic acids is 1. The van der Waals surface area contributed by atoms with Gasteiger partial charge in [-0.25, -0.2) is 14.2 Å². The first-order valence-corrected chi connectivity index (χ1v) is 3.98. The first-order chi connectivity index (χ1) is 7.76. The van der Waals surface area contributed by atoms with E-state index in [-0.39, 0.29) is 0 Å². The Morgan fingerprint density at radius 3 is 2.47 bits per heavy atom. The monoisotopic (exact) mass is 257 g/mol. The molecular weight excluding hydrogens is 253 g/mol. The van der Waals surface area contributed by atoms with Crippen molar-refractivity contribution in [2.24, 2.45) is 0 Å². The molecule has 9 heteroatoms. The molecule has 0 atom stereocenters. The summed E-state index contributed by atoms with van der Waals surface area (Å²) in [6.45, 7) is -1.68. The maximum absolute atomic E-state index is 12.9. The SMILES string of the molecule is O=C(O)c1cnc(F)c(CF)c1OC(F)(F)F. The molecule has 17 heavy (non-hydrogen) atoms. The van der Waals surface area contributed by atoms with Crippen molar-refractivity contribution in [3.8, 4) is 5.75 Å². The summed E-state index contributed by atoms with van der Waals surface area (Å²) in [5, 5.41) is 8.54. The molecule has 0 aliphatic rings. The molecule has 0 unspecified atom stereocenters. The van der Waals surface area contributed by atoms with Gasteiger partial charge in [0.15, 0.2) is 5.75 Å². The highest BCUT2D eigenvalue weighted by Gasteiger charge is 2.35. The van der Waals surface area contributed by atoms with Gasteiger partial charge in [0.25, 0.3) is 0 Å². The lowest BCUT2D eigenvalue weighted by Crippen LogP contribution is -2.21. The van der Waals surface area contributed by atoms with Gasteiger partial charge in [0, 0.05) is 6.20 Å². The van der Waals surface area contributed by atoms with Crippen LogP contribution in [-0.2, 0) is 6.67 Å². The van der Waals surface area contributed by atoms with Crippen LogP contribution in [0, 0.1) is 5.95 Å². The summed E-state index contributed by atoms with van der Waals surface area (Å²) in [6, 6.07) is 0. The number of carbonyl (C=O) groups is 1. The number of carboxylic acids is 1. The maximum atomic E-state index is 12.9. The largest absolute Gasteiger partial charge is 0.573 e. The minimum atomic E-state index is -5.26. The van der Waals surface area contributed by atoms with E-state index >= 15 is 0 Å². The smallest absolute Gasteiger partial charge is 0.477 e.